The van der Waals surface area contributed by atoms with Crippen molar-refractivity contribution in [3.8, 4) is 0 Å². The van der Waals surface area contributed by atoms with Gasteiger partial charge in [0.05, 0.1) is 13.0 Å². The third-order valence-electron chi connectivity index (χ3n) is 1.63. The summed E-state index contributed by atoms with van der Waals surface area (Å²) in [6.07, 6.45) is -0.223. The summed E-state index contributed by atoms with van der Waals surface area (Å²) >= 11 is 0. The molecule has 86 valence electrons. The van der Waals surface area contributed by atoms with E-state index in [-0.39, 0.29) is 6.61 Å². The van der Waals surface area contributed by atoms with E-state index in [0.717, 1.165) is 6.92 Å². The fourth-order valence-electron chi connectivity index (χ4n) is 0.736. The van der Waals surface area contributed by atoms with E-state index >= 15 is 0 Å². The molecule has 1 unspecified atom stereocenters. The van der Waals surface area contributed by atoms with Gasteiger partial charge in [0, 0.05) is 0 Å². The average molecular weight is 218 g/mol. The van der Waals surface area contributed by atoms with Crippen LogP contribution < -0.4 is 0 Å². The summed E-state index contributed by atoms with van der Waals surface area (Å²) in [6, 6.07) is 0. The minimum Gasteiger partial charge on any atom is -0.479 e. The lowest BCUT2D eigenvalue weighted by Gasteiger charge is -2.15. The van der Waals surface area contributed by atoms with Crippen LogP contribution in [0.25, 0.3) is 0 Å². The Morgan fingerprint density at radius 2 is 1.87 bits per heavy atom. The number of hydrogen-bond donors (Lipinski definition) is 2. The molecule has 0 aromatic rings. The molecule has 0 radical (unpaired) electrons. The summed E-state index contributed by atoms with van der Waals surface area (Å²) in [5.74, 6) is -3.71. The molecule has 1 atom stereocenters. The quantitative estimate of drug-likeness (QED) is 0.470. The van der Waals surface area contributed by atoms with Crippen LogP contribution in [0.4, 0.5) is 0 Å². The number of carboxylic acids is 1. The second kappa shape index (κ2) is 5.45. The van der Waals surface area contributed by atoms with Gasteiger partial charge >= 0.3 is 11.9 Å². The third kappa shape index (κ3) is 4.55. The normalized spacial score (nSPS) is 14.1. The highest BCUT2D eigenvalue weighted by molar-refractivity contribution is 6.34. The molecule has 0 aliphatic carbocycles. The van der Waals surface area contributed by atoms with Gasteiger partial charge < -0.3 is 14.9 Å². The first-order valence-corrected chi connectivity index (χ1v) is 4.47. The Morgan fingerprint density at radius 1 is 1.33 bits per heavy atom. The Kier molecular flexibility index (Phi) is 4.93. The monoisotopic (exact) mass is 218 g/mol. The first kappa shape index (κ1) is 13.6. The lowest BCUT2D eigenvalue weighted by Crippen LogP contribution is -2.39. The molecule has 0 aliphatic rings. The van der Waals surface area contributed by atoms with Crippen LogP contribution in [0.3, 0.4) is 0 Å². The number of carbonyl (C=O) groups is 3. The second-order valence-corrected chi connectivity index (χ2v) is 3.31. The molecule has 0 saturated heterocycles. The fraction of sp³-hybridized carbons (Fsp3) is 0.667. The van der Waals surface area contributed by atoms with E-state index in [1.165, 1.54) is 0 Å². The van der Waals surface area contributed by atoms with Crippen LogP contribution in [-0.4, -0.2) is 40.1 Å². The third-order valence-corrected chi connectivity index (χ3v) is 1.63. The number of esters is 1. The molecular formula is C9H14O6. The van der Waals surface area contributed by atoms with E-state index < -0.39 is 29.7 Å². The van der Waals surface area contributed by atoms with E-state index in [0.29, 0.717) is 6.42 Å². The number of Topliss-reactive ketones (excluding diaryl/α,β-unsaturated/α-hetero) is 1. The van der Waals surface area contributed by atoms with Gasteiger partial charge in [0.25, 0.3) is 0 Å². The molecule has 2 N–H and O–H groups in total. The van der Waals surface area contributed by atoms with Gasteiger partial charge in [0.2, 0.25) is 5.78 Å². The number of carbonyl (C=O) groups excluding carboxylic acids is 2. The van der Waals surface area contributed by atoms with Crippen LogP contribution in [0.15, 0.2) is 0 Å². The maximum atomic E-state index is 11.1. The van der Waals surface area contributed by atoms with E-state index in [4.69, 9.17) is 5.11 Å². The van der Waals surface area contributed by atoms with Crippen LogP contribution in [0.5, 0.6) is 0 Å². The predicted molar refractivity (Wildman–Crippen MR) is 49.1 cm³/mol. The zero-order valence-electron chi connectivity index (χ0n) is 8.65. The molecule has 0 bridgehead atoms. The van der Waals surface area contributed by atoms with E-state index in [9.17, 15) is 19.5 Å². The van der Waals surface area contributed by atoms with Crippen molar-refractivity contribution in [2.24, 2.45) is 0 Å². The zero-order valence-corrected chi connectivity index (χ0v) is 8.65. The largest absolute Gasteiger partial charge is 0.479 e. The van der Waals surface area contributed by atoms with Crippen molar-refractivity contribution in [1.82, 2.24) is 0 Å². The van der Waals surface area contributed by atoms with Crippen molar-refractivity contribution in [3.63, 3.8) is 0 Å². The Labute approximate surface area is 86.8 Å². The Balaban J connectivity index is 4.25. The van der Waals surface area contributed by atoms with Gasteiger partial charge in [-0.05, 0) is 13.3 Å². The standard InChI is InChI=1S/C9H14O6/c1-3-4-15-7(11)6(10)5-9(2,14)8(12)13/h14H,3-5H2,1-2H3,(H,12,13). The highest BCUT2D eigenvalue weighted by Crippen LogP contribution is 2.10. The number of rotatable bonds is 6. The Morgan fingerprint density at radius 3 is 2.27 bits per heavy atom. The van der Waals surface area contributed by atoms with Gasteiger partial charge in [-0.1, -0.05) is 6.92 Å². The molecule has 0 amide bonds. The number of aliphatic hydroxyl groups is 1. The topological polar surface area (TPSA) is 101 Å². The van der Waals surface area contributed by atoms with Crippen LogP contribution in [0.2, 0.25) is 0 Å². The van der Waals surface area contributed by atoms with E-state index in [1.807, 2.05) is 0 Å². The van der Waals surface area contributed by atoms with Crippen LogP contribution in [0, 0.1) is 0 Å². The predicted octanol–water partition coefficient (Wildman–Crippen LogP) is -0.266. The maximum absolute atomic E-state index is 11.1. The number of carboxylic acid groups (broad SMARTS) is 1. The van der Waals surface area contributed by atoms with Gasteiger partial charge in [-0.3, -0.25) is 4.79 Å². The first-order valence-electron chi connectivity index (χ1n) is 4.47. The first-order chi connectivity index (χ1) is 6.81. The molecule has 0 rings (SSSR count). The van der Waals surface area contributed by atoms with Crippen molar-refractivity contribution in [2.45, 2.75) is 32.3 Å². The van der Waals surface area contributed by atoms with Crippen molar-refractivity contribution in [2.75, 3.05) is 6.61 Å². The second-order valence-electron chi connectivity index (χ2n) is 3.31. The van der Waals surface area contributed by atoms with E-state index in [2.05, 4.69) is 4.74 Å². The van der Waals surface area contributed by atoms with Gasteiger partial charge in [0.15, 0.2) is 5.60 Å². The summed E-state index contributed by atoms with van der Waals surface area (Å²) in [6.45, 7) is 2.80. The number of ketones is 1. The molecule has 0 aromatic carbocycles. The summed E-state index contributed by atoms with van der Waals surface area (Å²) in [4.78, 5) is 32.4. The number of ether oxygens (including phenoxy) is 1. The summed E-state index contributed by atoms with van der Waals surface area (Å²) in [5, 5.41) is 17.7. The van der Waals surface area contributed by atoms with Crippen LogP contribution >= 0.6 is 0 Å². The van der Waals surface area contributed by atoms with E-state index in [1.54, 1.807) is 6.92 Å². The molecule has 0 aromatic heterocycles. The molecule has 0 saturated carbocycles. The molecule has 0 aliphatic heterocycles. The summed E-state index contributed by atoms with van der Waals surface area (Å²) < 4.78 is 4.49. The Hall–Kier alpha value is -1.43. The molecule has 0 fully saturated rings. The zero-order chi connectivity index (χ0) is 12.1. The fourth-order valence-corrected chi connectivity index (χ4v) is 0.736. The molecular weight excluding hydrogens is 204 g/mol. The molecule has 0 heterocycles. The van der Waals surface area contributed by atoms with Crippen molar-refractivity contribution >= 4 is 17.7 Å². The molecule has 6 nitrogen and oxygen atoms in total. The van der Waals surface area contributed by atoms with Crippen molar-refractivity contribution in [1.29, 1.82) is 0 Å². The van der Waals surface area contributed by atoms with Gasteiger partial charge in [0.1, 0.15) is 0 Å². The van der Waals surface area contributed by atoms with Gasteiger partial charge in [-0.25, -0.2) is 9.59 Å². The van der Waals surface area contributed by atoms with Gasteiger partial charge in [-0.15, -0.1) is 0 Å². The number of aliphatic carboxylic acids is 1. The molecule has 6 heteroatoms. The van der Waals surface area contributed by atoms with Gasteiger partial charge in [-0.2, -0.15) is 0 Å². The summed E-state index contributed by atoms with van der Waals surface area (Å²) in [5.41, 5.74) is -2.23. The smallest absolute Gasteiger partial charge is 0.374 e. The van der Waals surface area contributed by atoms with Crippen molar-refractivity contribution < 1.29 is 29.3 Å². The molecule has 15 heavy (non-hydrogen) atoms. The maximum Gasteiger partial charge on any atom is 0.374 e. The highest BCUT2D eigenvalue weighted by atomic mass is 16.5. The van der Waals surface area contributed by atoms with Crippen molar-refractivity contribution in [3.05, 3.63) is 0 Å². The van der Waals surface area contributed by atoms with Crippen LogP contribution in [0.1, 0.15) is 26.7 Å². The molecule has 0 spiro atoms. The highest BCUT2D eigenvalue weighted by Gasteiger charge is 2.35. The van der Waals surface area contributed by atoms with Crippen LogP contribution in [-0.2, 0) is 19.1 Å². The lowest BCUT2D eigenvalue weighted by molar-refractivity contribution is -0.163. The summed E-state index contributed by atoms with van der Waals surface area (Å²) in [7, 11) is 0. The minimum atomic E-state index is -2.23. The SMILES string of the molecule is CCCOC(=O)C(=O)CC(C)(O)C(=O)O. The lowest BCUT2D eigenvalue weighted by atomic mass is 10.00. The average Bonchev–Trinajstić information content (AvgIpc) is 2.13. The number of hydrogen-bond acceptors (Lipinski definition) is 5. The minimum absolute atomic E-state index is 0.0970. The Bertz CT molecular complexity index is 268.